The summed E-state index contributed by atoms with van der Waals surface area (Å²) in [7, 11) is 0. The van der Waals surface area contributed by atoms with E-state index in [9.17, 15) is 32.3 Å². The molecule has 1 atom stereocenters. The maximum Gasteiger partial charge on any atom is 0.306 e. The largest absolute Gasteiger partial charge is 0.482 e. The van der Waals surface area contributed by atoms with Gasteiger partial charge >= 0.3 is 5.97 Å². The Morgan fingerprint density at radius 3 is 2.51 bits per heavy atom. The molecule has 1 aromatic heterocycles. The molecule has 1 saturated heterocycles. The summed E-state index contributed by atoms with van der Waals surface area (Å²) < 4.78 is 52.9. The van der Waals surface area contributed by atoms with Gasteiger partial charge in [0.2, 0.25) is 5.82 Å². The number of esters is 1. The molecular weight excluding hydrogens is 583 g/mol. The molecule has 3 aromatic rings. The fourth-order valence-corrected chi connectivity index (χ4v) is 6.08. The van der Waals surface area contributed by atoms with Crippen LogP contribution in [-0.2, 0) is 19.1 Å². The Bertz CT molecular complexity index is 1470. The lowest BCUT2D eigenvalue weighted by Gasteiger charge is -2.31. The molecule has 0 bridgehead atoms. The van der Waals surface area contributed by atoms with Crippen molar-refractivity contribution in [1.82, 2.24) is 4.90 Å². The summed E-state index contributed by atoms with van der Waals surface area (Å²) in [6, 6.07) is 10.0. The van der Waals surface area contributed by atoms with Crippen LogP contribution in [0.3, 0.4) is 0 Å². The molecule has 1 fully saturated rings. The number of ketones is 2. The van der Waals surface area contributed by atoms with E-state index in [0.717, 1.165) is 10.1 Å². The van der Waals surface area contributed by atoms with E-state index in [0.29, 0.717) is 36.9 Å². The van der Waals surface area contributed by atoms with Gasteiger partial charge in [0, 0.05) is 47.7 Å². The van der Waals surface area contributed by atoms with Crippen molar-refractivity contribution in [2.24, 2.45) is 11.8 Å². The standard InChI is InChI=1S/C32H32F3NO6S/c1-3-14-41-29(39)16-21(26(38)18-42-31-19(2)23(33)17-24(34)30(31)35)8-9-25(37)20-10-12-36(13-11-20)32(40)28-15-22-6-4-5-7-27(22)43-28/h3-7,15,17,20-21H,1,8-14,16,18H2,2H3/t21-/m0/s1. The molecule has 4 rings (SSSR count). The number of hydrogen-bond donors (Lipinski definition) is 0. The van der Waals surface area contributed by atoms with E-state index in [1.807, 2.05) is 30.3 Å². The molecule has 0 spiro atoms. The van der Waals surface area contributed by atoms with Gasteiger partial charge in [0.25, 0.3) is 5.91 Å². The van der Waals surface area contributed by atoms with Gasteiger partial charge in [-0.2, -0.15) is 4.39 Å². The van der Waals surface area contributed by atoms with Gasteiger partial charge < -0.3 is 14.4 Å². The molecular formula is C32H32F3NO6S. The molecule has 0 N–H and O–H groups in total. The third-order valence-electron chi connectivity index (χ3n) is 7.56. The number of rotatable bonds is 13. The minimum absolute atomic E-state index is 0.00409. The summed E-state index contributed by atoms with van der Waals surface area (Å²) in [5.41, 5.74) is -0.305. The zero-order chi connectivity index (χ0) is 31.1. The number of fused-ring (bicyclic) bond motifs is 1. The number of thiophene rings is 1. The van der Waals surface area contributed by atoms with Gasteiger partial charge in [0.1, 0.15) is 24.8 Å². The summed E-state index contributed by atoms with van der Waals surface area (Å²) in [6.07, 6.45) is 1.95. The average Bonchev–Trinajstić information content (AvgIpc) is 3.45. The Balaban J connectivity index is 1.33. The van der Waals surface area contributed by atoms with Crippen LogP contribution >= 0.6 is 11.3 Å². The fraction of sp³-hybridized carbons (Fsp3) is 0.375. The summed E-state index contributed by atoms with van der Waals surface area (Å²) >= 11 is 1.43. The van der Waals surface area contributed by atoms with Crippen LogP contribution in [0.15, 0.2) is 49.1 Å². The van der Waals surface area contributed by atoms with Crippen molar-refractivity contribution in [1.29, 1.82) is 0 Å². The van der Waals surface area contributed by atoms with Crippen molar-refractivity contribution >= 4 is 44.9 Å². The second-order valence-electron chi connectivity index (χ2n) is 10.5. The van der Waals surface area contributed by atoms with Crippen molar-refractivity contribution in [2.75, 3.05) is 26.3 Å². The Hall–Kier alpha value is -3.99. The summed E-state index contributed by atoms with van der Waals surface area (Å²) in [5, 5.41) is 1.01. The molecule has 0 aliphatic carbocycles. The highest BCUT2D eigenvalue weighted by Gasteiger charge is 2.31. The molecule has 0 radical (unpaired) electrons. The molecule has 0 unspecified atom stereocenters. The van der Waals surface area contributed by atoms with Gasteiger partial charge in [-0.1, -0.05) is 30.9 Å². The van der Waals surface area contributed by atoms with Crippen LogP contribution in [0.4, 0.5) is 13.2 Å². The van der Waals surface area contributed by atoms with Crippen LogP contribution in [0.2, 0.25) is 0 Å². The van der Waals surface area contributed by atoms with Crippen LogP contribution < -0.4 is 4.74 Å². The number of nitrogens with zero attached hydrogens (tertiary/aromatic N) is 1. The minimum atomic E-state index is -1.46. The number of carbonyl (C=O) groups excluding carboxylic acids is 4. The van der Waals surface area contributed by atoms with E-state index in [1.54, 1.807) is 4.90 Å². The van der Waals surface area contributed by atoms with Crippen molar-refractivity contribution in [3.63, 3.8) is 0 Å². The highest BCUT2D eigenvalue weighted by Crippen LogP contribution is 2.30. The van der Waals surface area contributed by atoms with Crippen molar-refractivity contribution in [3.8, 4) is 5.75 Å². The zero-order valence-corrected chi connectivity index (χ0v) is 24.5. The molecule has 1 amide bonds. The molecule has 11 heteroatoms. The summed E-state index contributed by atoms with van der Waals surface area (Å²) in [4.78, 5) is 53.8. The van der Waals surface area contributed by atoms with E-state index in [4.69, 9.17) is 9.47 Å². The van der Waals surface area contributed by atoms with E-state index in [-0.39, 0.29) is 49.0 Å². The predicted molar refractivity (Wildman–Crippen MR) is 156 cm³/mol. The van der Waals surface area contributed by atoms with Crippen molar-refractivity contribution in [2.45, 2.75) is 39.0 Å². The Morgan fingerprint density at radius 2 is 1.81 bits per heavy atom. The lowest BCUT2D eigenvalue weighted by molar-refractivity contribution is -0.146. The summed E-state index contributed by atoms with van der Waals surface area (Å²) in [6.45, 7) is 4.66. The fourth-order valence-electron chi connectivity index (χ4n) is 5.05. The number of likely N-dealkylation sites (tertiary alicyclic amines) is 1. The molecule has 1 aliphatic heterocycles. The topological polar surface area (TPSA) is 90.0 Å². The van der Waals surface area contributed by atoms with Gasteiger partial charge in [-0.25, -0.2) is 8.78 Å². The Kier molecular flexibility index (Phi) is 10.7. The summed E-state index contributed by atoms with van der Waals surface area (Å²) in [5.74, 6) is -7.47. The first-order valence-corrected chi connectivity index (χ1v) is 14.8. The van der Waals surface area contributed by atoms with Gasteiger partial charge in [0.15, 0.2) is 17.3 Å². The number of amides is 1. The zero-order valence-electron chi connectivity index (χ0n) is 23.7. The number of benzene rings is 2. The van der Waals surface area contributed by atoms with E-state index < -0.39 is 47.5 Å². The molecule has 0 saturated carbocycles. The number of carbonyl (C=O) groups is 4. The van der Waals surface area contributed by atoms with Gasteiger partial charge in [-0.15, -0.1) is 11.3 Å². The number of hydrogen-bond acceptors (Lipinski definition) is 7. The van der Waals surface area contributed by atoms with Crippen LogP contribution in [0.5, 0.6) is 5.75 Å². The molecule has 2 aromatic carbocycles. The highest BCUT2D eigenvalue weighted by molar-refractivity contribution is 7.20. The first-order valence-electron chi connectivity index (χ1n) is 14.0. The van der Waals surface area contributed by atoms with Crippen molar-refractivity contribution < 1.29 is 41.8 Å². The lowest BCUT2D eigenvalue weighted by Crippen LogP contribution is -2.40. The maximum atomic E-state index is 14.2. The second kappa shape index (κ2) is 14.5. The molecule has 43 heavy (non-hydrogen) atoms. The third-order valence-corrected chi connectivity index (χ3v) is 8.67. The average molecular weight is 616 g/mol. The SMILES string of the molecule is C=CCOC(=O)C[C@H](CCC(=O)C1CCN(C(=O)c2cc3ccccc3s2)CC1)C(=O)COc1c(C)c(F)cc(F)c1F. The van der Waals surface area contributed by atoms with Gasteiger partial charge in [-0.3, -0.25) is 19.2 Å². The quantitative estimate of drug-likeness (QED) is 0.129. The van der Waals surface area contributed by atoms with E-state index >= 15 is 0 Å². The second-order valence-corrected chi connectivity index (χ2v) is 11.5. The number of ether oxygens (including phenoxy) is 2. The van der Waals surface area contributed by atoms with E-state index in [1.165, 1.54) is 24.3 Å². The molecule has 1 aliphatic rings. The Morgan fingerprint density at radius 1 is 1.09 bits per heavy atom. The molecule has 228 valence electrons. The van der Waals surface area contributed by atoms with Crippen LogP contribution in [0.1, 0.15) is 47.3 Å². The van der Waals surface area contributed by atoms with Gasteiger partial charge in [0.05, 0.1) is 11.3 Å². The predicted octanol–water partition coefficient (Wildman–Crippen LogP) is 6.21. The molecule has 2 heterocycles. The highest BCUT2D eigenvalue weighted by atomic mass is 32.1. The monoisotopic (exact) mass is 615 g/mol. The number of Topliss-reactive ketones (excluding diaryl/α,β-unsaturated/α-hetero) is 2. The first-order chi connectivity index (χ1) is 20.6. The third kappa shape index (κ3) is 7.90. The van der Waals surface area contributed by atoms with Crippen LogP contribution in [0, 0.1) is 36.2 Å². The van der Waals surface area contributed by atoms with Crippen LogP contribution in [-0.4, -0.2) is 54.6 Å². The smallest absolute Gasteiger partial charge is 0.306 e. The maximum absolute atomic E-state index is 14.2. The first kappa shape index (κ1) is 31.9. The number of halogens is 3. The van der Waals surface area contributed by atoms with Crippen molar-refractivity contribution in [3.05, 3.63) is 76.9 Å². The number of piperidine rings is 1. The van der Waals surface area contributed by atoms with E-state index in [2.05, 4.69) is 6.58 Å². The minimum Gasteiger partial charge on any atom is -0.482 e. The Labute approximate surface area is 251 Å². The molecule has 7 nitrogen and oxygen atoms in total. The lowest BCUT2D eigenvalue weighted by atomic mass is 9.86. The van der Waals surface area contributed by atoms with Crippen LogP contribution in [0.25, 0.3) is 10.1 Å². The van der Waals surface area contributed by atoms with Gasteiger partial charge in [-0.05, 0) is 43.7 Å². The normalized spacial score (nSPS) is 14.4.